The third-order valence-corrected chi connectivity index (χ3v) is 6.89. The first-order chi connectivity index (χ1) is 16.2. The lowest BCUT2D eigenvalue weighted by atomic mass is 10.0. The van der Waals surface area contributed by atoms with Crippen molar-refractivity contribution in [1.82, 2.24) is 24.7 Å². The maximum atomic E-state index is 5.86. The topological polar surface area (TPSA) is 45.6 Å². The molecule has 1 aromatic carbocycles. The van der Waals surface area contributed by atoms with E-state index in [0.29, 0.717) is 0 Å². The molecule has 0 spiro atoms. The van der Waals surface area contributed by atoms with E-state index in [9.17, 15) is 0 Å². The number of rotatable bonds is 7. The summed E-state index contributed by atoms with van der Waals surface area (Å²) >= 11 is 5.86. The molecule has 7 heteroatoms. The largest absolute Gasteiger partial charge is 0.379 e. The fourth-order valence-corrected chi connectivity index (χ4v) is 5.24. The van der Waals surface area contributed by atoms with Crippen LogP contribution in [-0.2, 0) is 4.74 Å². The van der Waals surface area contributed by atoms with Gasteiger partial charge < -0.3 is 19.5 Å². The van der Waals surface area contributed by atoms with Crippen molar-refractivity contribution < 1.29 is 4.74 Å². The minimum absolute atomic E-state index is 0.000505. The fraction of sp³-hybridized carbons (Fsp3) is 0.385. The summed E-state index contributed by atoms with van der Waals surface area (Å²) in [5, 5.41) is 4.39. The summed E-state index contributed by atoms with van der Waals surface area (Å²) in [6.45, 7) is 7.78. The lowest BCUT2D eigenvalue weighted by Gasteiger charge is -2.31. The molecule has 0 saturated carbocycles. The Morgan fingerprint density at radius 3 is 2.73 bits per heavy atom. The van der Waals surface area contributed by atoms with E-state index in [1.54, 1.807) is 0 Å². The molecular formula is C26H31N5OS. The zero-order valence-electron chi connectivity index (χ0n) is 19.1. The number of thiocarbonyl (C=S) groups is 1. The maximum absolute atomic E-state index is 5.86. The lowest BCUT2D eigenvalue weighted by molar-refractivity contribution is 0.0365. The number of aryl methyl sites for hydroxylation is 1. The fourth-order valence-electron chi connectivity index (χ4n) is 4.91. The van der Waals surface area contributed by atoms with E-state index in [1.807, 2.05) is 18.3 Å². The summed E-state index contributed by atoms with van der Waals surface area (Å²) in [4.78, 5) is 9.52. The van der Waals surface area contributed by atoms with Gasteiger partial charge in [-0.25, -0.2) is 0 Å². The van der Waals surface area contributed by atoms with Gasteiger partial charge in [-0.15, -0.1) is 0 Å². The Morgan fingerprint density at radius 2 is 1.94 bits per heavy atom. The quantitative estimate of drug-likeness (QED) is 0.539. The van der Waals surface area contributed by atoms with Crippen LogP contribution in [0.5, 0.6) is 0 Å². The minimum Gasteiger partial charge on any atom is -0.379 e. The molecule has 0 unspecified atom stereocenters. The van der Waals surface area contributed by atoms with Crippen molar-refractivity contribution in [3.63, 3.8) is 0 Å². The van der Waals surface area contributed by atoms with E-state index in [0.717, 1.165) is 56.6 Å². The number of hydrogen-bond acceptors (Lipinski definition) is 4. The van der Waals surface area contributed by atoms with Crippen LogP contribution in [0.1, 0.15) is 35.5 Å². The Balaban J connectivity index is 1.45. The van der Waals surface area contributed by atoms with Crippen LogP contribution in [0.3, 0.4) is 0 Å². The average Bonchev–Trinajstić information content (AvgIpc) is 3.45. The Labute approximate surface area is 201 Å². The Hall–Kier alpha value is -2.74. The molecule has 3 aromatic rings. The summed E-state index contributed by atoms with van der Waals surface area (Å²) in [5.74, 6) is 0. The number of benzene rings is 1. The lowest BCUT2D eigenvalue weighted by Crippen LogP contribution is -2.39. The summed E-state index contributed by atoms with van der Waals surface area (Å²) in [6.07, 6.45) is 5.06. The molecule has 172 valence electrons. The smallest absolute Gasteiger partial charge is 0.170 e. The highest BCUT2D eigenvalue weighted by Crippen LogP contribution is 2.39. The van der Waals surface area contributed by atoms with Gasteiger partial charge in [-0.05, 0) is 67.5 Å². The van der Waals surface area contributed by atoms with E-state index >= 15 is 0 Å². The van der Waals surface area contributed by atoms with Gasteiger partial charge in [0.1, 0.15) is 0 Å². The third kappa shape index (κ3) is 4.81. The molecule has 2 aliphatic rings. The van der Waals surface area contributed by atoms with E-state index in [2.05, 4.69) is 80.3 Å². The molecule has 1 N–H and O–H groups in total. The Kier molecular flexibility index (Phi) is 6.71. The highest BCUT2D eigenvalue weighted by Gasteiger charge is 2.41. The minimum atomic E-state index is 0.000505. The zero-order chi connectivity index (χ0) is 22.6. The molecule has 0 aliphatic carbocycles. The number of pyridine rings is 1. The van der Waals surface area contributed by atoms with Crippen molar-refractivity contribution in [3.05, 3.63) is 83.9 Å². The molecule has 33 heavy (non-hydrogen) atoms. The molecule has 6 nitrogen and oxygen atoms in total. The predicted octanol–water partition coefficient (Wildman–Crippen LogP) is 3.88. The van der Waals surface area contributed by atoms with Gasteiger partial charge >= 0.3 is 0 Å². The molecule has 2 atom stereocenters. The van der Waals surface area contributed by atoms with Crippen LogP contribution in [0.15, 0.2) is 67.0 Å². The summed E-state index contributed by atoms with van der Waals surface area (Å²) in [6, 6.07) is 19.1. The summed E-state index contributed by atoms with van der Waals surface area (Å²) in [5.41, 5.74) is 4.64. The summed E-state index contributed by atoms with van der Waals surface area (Å²) in [7, 11) is 0. The number of aromatic nitrogens is 2. The second-order valence-electron chi connectivity index (χ2n) is 8.77. The standard InChI is InChI=1S/C26H31N5OS/c1-20-7-4-8-21(19-20)30-13-5-10-23(30)25-24(22-9-2-3-11-27-22)28-26(33)31(25)14-6-12-29-15-17-32-18-16-29/h2-5,7-11,13,19,24-25H,6,12,14-18H2,1H3,(H,28,33)/t24-,25+/m1/s1. The van der Waals surface area contributed by atoms with E-state index in [1.165, 1.54) is 16.9 Å². The number of nitrogens with one attached hydrogen (secondary N) is 1. The van der Waals surface area contributed by atoms with Gasteiger partial charge in [-0.2, -0.15) is 0 Å². The van der Waals surface area contributed by atoms with Gasteiger partial charge in [0.15, 0.2) is 5.11 Å². The summed E-state index contributed by atoms with van der Waals surface area (Å²) < 4.78 is 7.79. The van der Waals surface area contributed by atoms with Crippen molar-refractivity contribution in [2.45, 2.75) is 25.4 Å². The number of morpholine rings is 1. The van der Waals surface area contributed by atoms with Gasteiger partial charge in [-0.1, -0.05) is 18.2 Å². The third-order valence-electron chi connectivity index (χ3n) is 6.54. The van der Waals surface area contributed by atoms with E-state index in [-0.39, 0.29) is 12.1 Å². The monoisotopic (exact) mass is 461 g/mol. The van der Waals surface area contributed by atoms with E-state index in [4.69, 9.17) is 17.0 Å². The molecule has 4 heterocycles. The van der Waals surface area contributed by atoms with Crippen molar-refractivity contribution >= 4 is 17.3 Å². The van der Waals surface area contributed by atoms with Gasteiger partial charge in [-0.3, -0.25) is 9.88 Å². The van der Waals surface area contributed by atoms with Gasteiger partial charge in [0.05, 0.1) is 31.0 Å². The molecule has 0 radical (unpaired) electrons. The molecule has 0 bridgehead atoms. The molecule has 2 aromatic heterocycles. The second kappa shape index (κ2) is 10.0. The predicted molar refractivity (Wildman–Crippen MR) is 135 cm³/mol. The van der Waals surface area contributed by atoms with Crippen LogP contribution in [0.25, 0.3) is 5.69 Å². The van der Waals surface area contributed by atoms with Crippen molar-refractivity contribution in [2.24, 2.45) is 0 Å². The van der Waals surface area contributed by atoms with Crippen molar-refractivity contribution in [2.75, 3.05) is 39.4 Å². The van der Waals surface area contributed by atoms with Gasteiger partial charge in [0, 0.05) is 50.0 Å². The van der Waals surface area contributed by atoms with Crippen LogP contribution in [0, 0.1) is 6.92 Å². The average molecular weight is 462 g/mol. The Bertz CT molecular complexity index is 1080. The number of ether oxygens (including phenoxy) is 1. The van der Waals surface area contributed by atoms with Crippen LogP contribution < -0.4 is 5.32 Å². The second-order valence-corrected chi connectivity index (χ2v) is 9.16. The first-order valence-corrected chi connectivity index (χ1v) is 12.1. The first kappa shape index (κ1) is 22.1. The van der Waals surface area contributed by atoms with Crippen molar-refractivity contribution in [1.29, 1.82) is 0 Å². The van der Waals surface area contributed by atoms with Crippen LogP contribution in [-0.4, -0.2) is 63.9 Å². The first-order valence-electron chi connectivity index (χ1n) is 11.7. The normalized spacial score (nSPS) is 21.4. The van der Waals surface area contributed by atoms with Crippen molar-refractivity contribution in [3.8, 4) is 5.69 Å². The molecule has 5 rings (SSSR count). The SMILES string of the molecule is Cc1cccc(-n2cccc2[C@H]2[C@@H](c3ccccn3)NC(=S)N2CCCN2CCOCC2)c1. The molecule has 0 amide bonds. The van der Waals surface area contributed by atoms with Crippen LogP contribution in [0.2, 0.25) is 0 Å². The number of nitrogens with zero attached hydrogens (tertiary/aromatic N) is 4. The van der Waals surface area contributed by atoms with Crippen LogP contribution in [0.4, 0.5) is 0 Å². The number of hydrogen-bond donors (Lipinski definition) is 1. The van der Waals surface area contributed by atoms with Gasteiger partial charge in [0.25, 0.3) is 0 Å². The molecule has 2 fully saturated rings. The highest BCUT2D eigenvalue weighted by atomic mass is 32.1. The zero-order valence-corrected chi connectivity index (χ0v) is 19.9. The molecule has 2 saturated heterocycles. The maximum Gasteiger partial charge on any atom is 0.170 e. The molecular weight excluding hydrogens is 430 g/mol. The Morgan fingerprint density at radius 1 is 1.06 bits per heavy atom. The molecule has 2 aliphatic heterocycles. The van der Waals surface area contributed by atoms with E-state index < -0.39 is 0 Å². The highest BCUT2D eigenvalue weighted by molar-refractivity contribution is 7.80. The van der Waals surface area contributed by atoms with Gasteiger partial charge in [0.2, 0.25) is 0 Å². The van der Waals surface area contributed by atoms with Crippen LogP contribution >= 0.6 is 12.2 Å².